The normalized spacial score (nSPS) is 19.2. The first-order chi connectivity index (χ1) is 12.2. The first-order valence-electron chi connectivity index (χ1n) is 9.67. The van der Waals surface area contributed by atoms with Crippen LogP contribution in [-0.4, -0.2) is 49.4 Å². The zero-order valence-electron chi connectivity index (χ0n) is 15.2. The molecule has 0 atom stereocenters. The number of para-hydroxylation sites is 1. The van der Waals surface area contributed by atoms with Crippen LogP contribution in [0, 0.1) is 5.92 Å². The van der Waals surface area contributed by atoms with E-state index in [-0.39, 0.29) is 11.8 Å². The van der Waals surface area contributed by atoms with Crippen LogP contribution >= 0.6 is 0 Å². The molecule has 2 N–H and O–H groups in total. The van der Waals surface area contributed by atoms with Gasteiger partial charge >= 0.3 is 0 Å². The Hall–Kier alpha value is -1.88. The Morgan fingerprint density at radius 1 is 1.16 bits per heavy atom. The Bertz CT molecular complexity index is 603. The number of hydrogen-bond donors (Lipinski definition) is 2. The molecule has 2 amide bonds. The van der Waals surface area contributed by atoms with Crippen molar-refractivity contribution in [2.75, 3.05) is 38.0 Å². The number of anilines is 1. The largest absolute Gasteiger partial charge is 0.331 e. The average molecular weight is 344 g/mol. The fourth-order valence-electron chi connectivity index (χ4n) is 4.02. The van der Waals surface area contributed by atoms with E-state index in [2.05, 4.69) is 18.3 Å². The Morgan fingerprint density at radius 2 is 1.84 bits per heavy atom. The topological polar surface area (TPSA) is 53.9 Å². The molecule has 1 heterocycles. The van der Waals surface area contributed by atoms with E-state index in [9.17, 15) is 9.59 Å². The molecule has 1 aliphatic heterocycles. The molecule has 5 heteroatoms. The number of nitrogens with zero attached hydrogens (tertiary/aromatic N) is 1. The number of amides is 2. The van der Waals surface area contributed by atoms with Crippen LogP contribution in [0.2, 0.25) is 0 Å². The summed E-state index contributed by atoms with van der Waals surface area (Å²) in [5.41, 5.74) is 2.09. The van der Waals surface area contributed by atoms with Crippen molar-refractivity contribution in [3.63, 3.8) is 0 Å². The van der Waals surface area contributed by atoms with Crippen molar-refractivity contribution in [2.45, 2.75) is 39.0 Å². The molecule has 0 spiro atoms. The zero-order chi connectivity index (χ0) is 17.6. The maximum Gasteiger partial charge on any atom is 0.279 e. The molecule has 1 saturated carbocycles. The predicted molar refractivity (Wildman–Crippen MR) is 98.6 cm³/mol. The molecule has 0 unspecified atom stereocenters. The van der Waals surface area contributed by atoms with E-state index >= 15 is 0 Å². The van der Waals surface area contributed by atoms with Gasteiger partial charge in [0.2, 0.25) is 5.91 Å². The minimum Gasteiger partial charge on any atom is -0.331 e. The van der Waals surface area contributed by atoms with Gasteiger partial charge in [0.05, 0.1) is 26.2 Å². The minimum atomic E-state index is 0.0615. The monoisotopic (exact) mass is 344 g/mol. The highest BCUT2D eigenvalue weighted by molar-refractivity contribution is 5.92. The summed E-state index contributed by atoms with van der Waals surface area (Å²) < 4.78 is 0. The lowest BCUT2D eigenvalue weighted by Gasteiger charge is -2.33. The first-order valence-corrected chi connectivity index (χ1v) is 9.67. The maximum atomic E-state index is 12.5. The third kappa shape index (κ3) is 4.60. The van der Waals surface area contributed by atoms with E-state index < -0.39 is 0 Å². The first kappa shape index (κ1) is 17.9. The molecule has 2 aliphatic rings. The fourth-order valence-corrected chi connectivity index (χ4v) is 4.02. The molecule has 0 bridgehead atoms. The molecule has 1 aromatic rings. The quantitative estimate of drug-likeness (QED) is 0.841. The number of aryl methyl sites for hydroxylation is 1. The number of carbonyl (C=O) groups is 2. The summed E-state index contributed by atoms with van der Waals surface area (Å²) in [5.74, 6) is 0.666. The van der Waals surface area contributed by atoms with Crippen molar-refractivity contribution < 1.29 is 14.5 Å². The van der Waals surface area contributed by atoms with Crippen molar-refractivity contribution in [2.24, 2.45) is 5.92 Å². The third-order valence-corrected chi connectivity index (χ3v) is 5.57. The van der Waals surface area contributed by atoms with Gasteiger partial charge in [0.15, 0.2) is 6.54 Å². The Kier molecular flexibility index (Phi) is 6.08. The Labute approximate surface area is 150 Å². The highest BCUT2D eigenvalue weighted by Gasteiger charge is 2.31. The number of rotatable bonds is 5. The molecule has 136 valence electrons. The highest BCUT2D eigenvalue weighted by atomic mass is 16.2. The SMILES string of the molecule is CCc1ccccc1NC(=O)C[NH+]1CCN(C(=O)C2CCCC2)CC1. The third-order valence-electron chi connectivity index (χ3n) is 5.57. The molecular weight excluding hydrogens is 314 g/mol. The van der Waals surface area contributed by atoms with Gasteiger partial charge in [-0.2, -0.15) is 0 Å². The van der Waals surface area contributed by atoms with Crippen LogP contribution in [0.4, 0.5) is 5.69 Å². The molecule has 25 heavy (non-hydrogen) atoms. The Morgan fingerprint density at radius 3 is 2.52 bits per heavy atom. The summed E-state index contributed by atoms with van der Waals surface area (Å²) in [6, 6.07) is 7.97. The van der Waals surface area contributed by atoms with Crippen molar-refractivity contribution in [1.29, 1.82) is 0 Å². The summed E-state index contributed by atoms with van der Waals surface area (Å²) in [6.07, 6.45) is 5.42. The summed E-state index contributed by atoms with van der Waals surface area (Å²) >= 11 is 0. The summed E-state index contributed by atoms with van der Waals surface area (Å²) in [4.78, 5) is 28.1. The zero-order valence-corrected chi connectivity index (χ0v) is 15.2. The van der Waals surface area contributed by atoms with E-state index in [1.165, 1.54) is 17.7 Å². The molecule has 0 radical (unpaired) electrons. The van der Waals surface area contributed by atoms with Gasteiger partial charge in [-0.05, 0) is 30.9 Å². The van der Waals surface area contributed by atoms with Gasteiger partial charge in [-0.15, -0.1) is 0 Å². The highest BCUT2D eigenvalue weighted by Crippen LogP contribution is 2.26. The lowest BCUT2D eigenvalue weighted by molar-refractivity contribution is -0.895. The van der Waals surface area contributed by atoms with Crippen molar-refractivity contribution >= 4 is 17.5 Å². The molecule has 2 fully saturated rings. The maximum absolute atomic E-state index is 12.5. The van der Waals surface area contributed by atoms with Gasteiger partial charge < -0.3 is 15.1 Å². The van der Waals surface area contributed by atoms with E-state index in [1.54, 1.807) is 0 Å². The molecule has 1 saturated heterocycles. The molecule has 1 aromatic carbocycles. The molecule has 3 rings (SSSR count). The van der Waals surface area contributed by atoms with Crippen molar-refractivity contribution in [3.8, 4) is 0 Å². The van der Waals surface area contributed by atoms with E-state index in [4.69, 9.17) is 0 Å². The van der Waals surface area contributed by atoms with Gasteiger partial charge in [0.25, 0.3) is 5.91 Å². The number of carbonyl (C=O) groups excluding carboxylic acids is 2. The van der Waals surface area contributed by atoms with Crippen LogP contribution in [0.15, 0.2) is 24.3 Å². The van der Waals surface area contributed by atoms with Gasteiger partial charge in [-0.3, -0.25) is 9.59 Å². The van der Waals surface area contributed by atoms with Gasteiger partial charge in [-0.25, -0.2) is 0 Å². The van der Waals surface area contributed by atoms with Crippen LogP contribution in [0.5, 0.6) is 0 Å². The van der Waals surface area contributed by atoms with Crippen LogP contribution < -0.4 is 10.2 Å². The van der Waals surface area contributed by atoms with Gasteiger partial charge in [-0.1, -0.05) is 38.0 Å². The fraction of sp³-hybridized carbons (Fsp3) is 0.600. The number of benzene rings is 1. The number of hydrogen-bond acceptors (Lipinski definition) is 2. The summed E-state index contributed by atoms with van der Waals surface area (Å²) in [7, 11) is 0. The van der Waals surface area contributed by atoms with Crippen LogP contribution in [0.1, 0.15) is 38.2 Å². The van der Waals surface area contributed by atoms with Gasteiger partial charge in [0, 0.05) is 11.6 Å². The van der Waals surface area contributed by atoms with E-state index in [0.717, 1.165) is 56.7 Å². The lowest BCUT2D eigenvalue weighted by Crippen LogP contribution is -3.15. The minimum absolute atomic E-state index is 0.0615. The van der Waals surface area contributed by atoms with Crippen molar-refractivity contribution in [1.82, 2.24) is 4.90 Å². The second-order valence-electron chi connectivity index (χ2n) is 7.29. The van der Waals surface area contributed by atoms with E-state index in [0.29, 0.717) is 12.5 Å². The second kappa shape index (κ2) is 8.48. The molecular formula is C20H30N3O2+. The Balaban J connectivity index is 1.45. The van der Waals surface area contributed by atoms with Gasteiger partial charge in [0.1, 0.15) is 0 Å². The predicted octanol–water partition coefficient (Wildman–Crippen LogP) is 1.10. The van der Waals surface area contributed by atoms with Crippen molar-refractivity contribution in [3.05, 3.63) is 29.8 Å². The molecule has 5 nitrogen and oxygen atoms in total. The molecule has 0 aromatic heterocycles. The van der Waals surface area contributed by atoms with Crippen LogP contribution in [0.3, 0.4) is 0 Å². The number of quaternary nitrogens is 1. The number of nitrogens with one attached hydrogen (secondary N) is 2. The smallest absolute Gasteiger partial charge is 0.279 e. The summed E-state index contributed by atoms with van der Waals surface area (Å²) in [6.45, 7) is 5.86. The second-order valence-corrected chi connectivity index (χ2v) is 7.29. The standard InChI is InChI=1S/C20H29N3O2/c1-2-16-7-5-6-10-18(16)21-19(24)15-22-11-13-23(14-12-22)20(25)17-8-3-4-9-17/h5-7,10,17H,2-4,8-9,11-15H2,1H3,(H,21,24)/p+1. The lowest BCUT2D eigenvalue weighted by atomic mass is 10.1. The molecule has 1 aliphatic carbocycles. The van der Waals surface area contributed by atoms with E-state index in [1.807, 2.05) is 23.1 Å². The van der Waals surface area contributed by atoms with Crippen LogP contribution in [0.25, 0.3) is 0 Å². The number of piperazine rings is 1. The average Bonchev–Trinajstić information content (AvgIpc) is 3.17. The summed E-state index contributed by atoms with van der Waals surface area (Å²) in [5, 5.41) is 3.05. The van der Waals surface area contributed by atoms with Crippen LogP contribution in [-0.2, 0) is 16.0 Å².